The molecular formula is C14H30N2O4. The number of nitrogens with one attached hydrogen (secondary N) is 2. The second-order valence-corrected chi connectivity index (χ2v) is 5.11. The van der Waals surface area contributed by atoms with Crippen LogP contribution in [0.5, 0.6) is 0 Å². The third-order valence-corrected chi connectivity index (χ3v) is 2.23. The Hall–Kier alpha value is -0.690. The summed E-state index contributed by atoms with van der Waals surface area (Å²) in [5, 5.41) is 6.02. The Bertz CT molecular complexity index is 235. The maximum atomic E-state index is 11.2. The van der Waals surface area contributed by atoms with Crippen LogP contribution in [0.1, 0.15) is 27.7 Å². The van der Waals surface area contributed by atoms with E-state index in [0.717, 1.165) is 6.54 Å². The van der Waals surface area contributed by atoms with Crippen LogP contribution in [0.25, 0.3) is 0 Å². The zero-order valence-corrected chi connectivity index (χ0v) is 13.2. The molecule has 2 N–H and O–H groups in total. The zero-order chi connectivity index (χ0) is 15.2. The molecule has 0 heterocycles. The maximum absolute atomic E-state index is 11.2. The highest BCUT2D eigenvalue weighted by atomic mass is 16.5. The summed E-state index contributed by atoms with van der Waals surface area (Å²) in [5.41, 5.74) is 0. The van der Waals surface area contributed by atoms with Crippen molar-refractivity contribution in [2.45, 2.75) is 39.8 Å². The molecule has 0 saturated heterocycles. The highest BCUT2D eigenvalue weighted by Gasteiger charge is 2.02. The van der Waals surface area contributed by atoms with Crippen molar-refractivity contribution in [1.82, 2.24) is 10.6 Å². The van der Waals surface area contributed by atoms with E-state index >= 15 is 0 Å². The van der Waals surface area contributed by atoms with E-state index in [2.05, 4.69) is 24.5 Å². The van der Waals surface area contributed by atoms with E-state index in [0.29, 0.717) is 39.1 Å². The largest absolute Gasteiger partial charge is 0.378 e. The molecule has 0 unspecified atom stereocenters. The molecule has 1 amide bonds. The Balaban J connectivity index is 3.11. The van der Waals surface area contributed by atoms with E-state index in [-0.39, 0.29) is 18.6 Å². The number of amides is 1. The minimum absolute atomic E-state index is 0.0823. The predicted octanol–water partition coefficient (Wildman–Crippen LogP) is 0.559. The fourth-order valence-corrected chi connectivity index (χ4v) is 1.39. The van der Waals surface area contributed by atoms with Gasteiger partial charge < -0.3 is 24.8 Å². The molecule has 0 aromatic rings. The summed E-state index contributed by atoms with van der Waals surface area (Å²) in [6.45, 7) is 11.7. The number of carbonyl (C=O) groups excluding carboxylic acids is 1. The first kappa shape index (κ1) is 19.3. The van der Waals surface area contributed by atoms with Gasteiger partial charge in [0.15, 0.2) is 0 Å². The monoisotopic (exact) mass is 290 g/mol. The van der Waals surface area contributed by atoms with Crippen LogP contribution in [0.3, 0.4) is 0 Å². The van der Waals surface area contributed by atoms with Gasteiger partial charge in [-0.3, -0.25) is 4.79 Å². The van der Waals surface area contributed by atoms with Gasteiger partial charge >= 0.3 is 0 Å². The molecule has 0 aliphatic carbocycles. The van der Waals surface area contributed by atoms with Crippen molar-refractivity contribution in [1.29, 1.82) is 0 Å². The topological polar surface area (TPSA) is 68.8 Å². The van der Waals surface area contributed by atoms with Gasteiger partial charge in [-0.1, -0.05) is 13.8 Å². The predicted molar refractivity (Wildman–Crippen MR) is 78.9 cm³/mol. The molecule has 6 nitrogen and oxygen atoms in total. The lowest BCUT2D eigenvalue weighted by Crippen LogP contribution is -2.33. The van der Waals surface area contributed by atoms with Gasteiger partial charge in [-0.15, -0.1) is 0 Å². The van der Waals surface area contributed by atoms with Gasteiger partial charge in [0.25, 0.3) is 0 Å². The van der Waals surface area contributed by atoms with Crippen molar-refractivity contribution in [2.24, 2.45) is 0 Å². The molecule has 0 rings (SSSR count). The van der Waals surface area contributed by atoms with Crippen molar-refractivity contribution in [3.05, 3.63) is 0 Å². The average Bonchev–Trinajstić information content (AvgIpc) is 2.34. The smallest absolute Gasteiger partial charge is 0.246 e. The Morgan fingerprint density at radius 3 is 1.95 bits per heavy atom. The molecule has 20 heavy (non-hydrogen) atoms. The molecule has 0 bridgehead atoms. The van der Waals surface area contributed by atoms with Gasteiger partial charge in [-0.05, 0) is 13.8 Å². The third-order valence-electron chi connectivity index (χ3n) is 2.23. The van der Waals surface area contributed by atoms with E-state index in [1.165, 1.54) is 0 Å². The quantitative estimate of drug-likeness (QED) is 0.485. The van der Waals surface area contributed by atoms with Crippen molar-refractivity contribution < 1.29 is 19.0 Å². The van der Waals surface area contributed by atoms with Gasteiger partial charge in [0.2, 0.25) is 5.91 Å². The van der Waals surface area contributed by atoms with E-state index in [1.807, 2.05) is 13.8 Å². The van der Waals surface area contributed by atoms with Crippen LogP contribution in [-0.2, 0) is 19.0 Å². The van der Waals surface area contributed by atoms with Crippen LogP contribution < -0.4 is 10.6 Å². The standard InChI is InChI=1S/C14H30N2O4/c1-12(2)15-5-6-18-7-8-19-9-10-20-11-14(17)16-13(3)4/h12-13,15H,5-11H2,1-4H3,(H,16,17). The van der Waals surface area contributed by atoms with Crippen LogP contribution in [0, 0.1) is 0 Å². The summed E-state index contributed by atoms with van der Waals surface area (Å²) in [6.07, 6.45) is 0. The van der Waals surface area contributed by atoms with Gasteiger partial charge in [0, 0.05) is 18.6 Å². The van der Waals surface area contributed by atoms with Crippen molar-refractivity contribution in [3.8, 4) is 0 Å². The molecule has 6 heteroatoms. The molecule has 120 valence electrons. The SMILES string of the molecule is CC(C)NCCOCCOCCOCC(=O)NC(C)C. The number of carbonyl (C=O) groups is 1. The summed E-state index contributed by atoms with van der Waals surface area (Å²) in [4.78, 5) is 11.2. The van der Waals surface area contributed by atoms with Gasteiger partial charge in [0.1, 0.15) is 6.61 Å². The molecule has 0 aliphatic heterocycles. The molecule has 0 aliphatic rings. The van der Waals surface area contributed by atoms with Crippen LogP contribution in [-0.4, -0.2) is 64.2 Å². The lowest BCUT2D eigenvalue weighted by molar-refractivity contribution is -0.126. The van der Waals surface area contributed by atoms with Crippen LogP contribution >= 0.6 is 0 Å². The second-order valence-electron chi connectivity index (χ2n) is 5.11. The van der Waals surface area contributed by atoms with E-state index < -0.39 is 0 Å². The lowest BCUT2D eigenvalue weighted by Gasteiger charge is -2.10. The normalized spacial score (nSPS) is 11.3. The Morgan fingerprint density at radius 2 is 1.40 bits per heavy atom. The average molecular weight is 290 g/mol. The summed E-state index contributed by atoms with van der Waals surface area (Å²) in [7, 11) is 0. The number of hydrogen-bond acceptors (Lipinski definition) is 5. The Morgan fingerprint density at radius 1 is 0.850 bits per heavy atom. The highest BCUT2D eigenvalue weighted by molar-refractivity contribution is 5.77. The fraction of sp³-hybridized carbons (Fsp3) is 0.929. The molecular weight excluding hydrogens is 260 g/mol. The van der Waals surface area contributed by atoms with E-state index in [1.54, 1.807) is 0 Å². The molecule has 0 saturated carbocycles. The van der Waals surface area contributed by atoms with Crippen molar-refractivity contribution >= 4 is 5.91 Å². The van der Waals surface area contributed by atoms with Crippen molar-refractivity contribution in [3.63, 3.8) is 0 Å². The molecule has 0 aromatic heterocycles. The summed E-state index contributed by atoms with van der Waals surface area (Å²) in [5.74, 6) is -0.0963. The number of ether oxygens (including phenoxy) is 3. The first-order valence-corrected chi connectivity index (χ1v) is 7.28. The third kappa shape index (κ3) is 15.4. The second kappa shape index (κ2) is 13.3. The molecule has 0 radical (unpaired) electrons. The summed E-state index contributed by atoms with van der Waals surface area (Å²) >= 11 is 0. The minimum atomic E-state index is -0.0963. The van der Waals surface area contributed by atoms with Crippen LogP contribution in [0.15, 0.2) is 0 Å². The number of hydrogen-bond donors (Lipinski definition) is 2. The molecule has 0 aromatic carbocycles. The highest BCUT2D eigenvalue weighted by Crippen LogP contribution is 1.83. The molecule has 0 fully saturated rings. The van der Waals surface area contributed by atoms with Crippen molar-refractivity contribution in [2.75, 3.05) is 46.2 Å². The summed E-state index contributed by atoms with van der Waals surface area (Å²) in [6, 6.07) is 0.629. The summed E-state index contributed by atoms with van der Waals surface area (Å²) < 4.78 is 15.9. The minimum Gasteiger partial charge on any atom is -0.378 e. The van der Waals surface area contributed by atoms with Crippen LogP contribution in [0.2, 0.25) is 0 Å². The Kier molecular flexibility index (Phi) is 12.8. The first-order chi connectivity index (χ1) is 9.52. The van der Waals surface area contributed by atoms with Gasteiger partial charge in [0.05, 0.1) is 33.0 Å². The lowest BCUT2D eigenvalue weighted by atomic mass is 10.4. The van der Waals surface area contributed by atoms with Gasteiger partial charge in [-0.2, -0.15) is 0 Å². The van der Waals surface area contributed by atoms with Crippen LogP contribution in [0.4, 0.5) is 0 Å². The maximum Gasteiger partial charge on any atom is 0.246 e. The molecule has 0 spiro atoms. The van der Waals surface area contributed by atoms with Gasteiger partial charge in [-0.25, -0.2) is 0 Å². The first-order valence-electron chi connectivity index (χ1n) is 7.28. The molecule has 0 atom stereocenters. The number of rotatable bonds is 13. The van der Waals surface area contributed by atoms with E-state index in [4.69, 9.17) is 14.2 Å². The zero-order valence-electron chi connectivity index (χ0n) is 13.2. The Labute approximate surface area is 122 Å². The fourth-order valence-electron chi connectivity index (χ4n) is 1.39. The van der Waals surface area contributed by atoms with E-state index in [9.17, 15) is 4.79 Å².